The molecule has 21 heavy (non-hydrogen) atoms. The summed E-state index contributed by atoms with van der Waals surface area (Å²) in [5.74, 6) is 3.06. The van der Waals surface area contributed by atoms with Gasteiger partial charge in [-0.25, -0.2) is 4.98 Å². The molecule has 2 aromatic carbocycles. The lowest BCUT2D eigenvalue weighted by atomic mass is 9.92. The van der Waals surface area contributed by atoms with E-state index in [-0.39, 0.29) is 0 Å². The fourth-order valence-electron chi connectivity index (χ4n) is 4.17. The maximum absolute atomic E-state index is 6.03. The third-order valence-corrected chi connectivity index (χ3v) is 5.21. The SMILES string of the molecule is Nc1cccc2[nH]c(C3C4CCc5ccccc5C43)nc12. The van der Waals surface area contributed by atoms with Gasteiger partial charge in [-0.2, -0.15) is 0 Å². The van der Waals surface area contributed by atoms with Gasteiger partial charge in [0.1, 0.15) is 11.3 Å². The Morgan fingerprint density at radius 3 is 2.86 bits per heavy atom. The van der Waals surface area contributed by atoms with Crippen molar-refractivity contribution in [2.24, 2.45) is 5.92 Å². The van der Waals surface area contributed by atoms with Crippen molar-refractivity contribution in [1.29, 1.82) is 0 Å². The number of rotatable bonds is 1. The van der Waals surface area contributed by atoms with Gasteiger partial charge >= 0.3 is 0 Å². The Morgan fingerprint density at radius 1 is 1.05 bits per heavy atom. The van der Waals surface area contributed by atoms with Gasteiger partial charge in [0.05, 0.1) is 11.2 Å². The topological polar surface area (TPSA) is 54.7 Å². The molecule has 0 amide bonds. The van der Waals surface area contributed by atoms with E-state index in [0.29, 0.717) is 11.8 Å². The Bertz CT molecular complexity index is 849. The van der Waals surface area contributed by atoms with Crippen molar-refractivity contribution in [3.05, 3.63) is 59.4 Å². The van der Waals surface area contributed by atoms with Gasteiger partial charge in [0.15, 0.2) is 0 Å². The van der Waals surface area contributed by atoms with Gasteiger partial charge in [-0.05, 0) is 47.9 Å². The number of nitrogen functional groups attached to an aromatic ring is 1. The number of imidazole rings is 1. The Labute approximate surface area is 123 Å². The molecule has 1 heterocycles. The number of anilines is 1. The lowest BCUT2D eigenvalue weighted by Gasteiger charge is -2.13. The zero-order valence-electron chi connectivity index (χ0n) is 11.7. The molecule has 0 bridgehead atoms. The molecule has 1 aromatic heterocycles. The van der Waals surface area contributed by atoms with Crippen molar-refractivity contribution >= 4 is 16.7 Å². The lowest BCUT2D eigenvalue weighted by Crippen LogP contribution is -2.00. The number of nitrogens with one attached hydrogen (secondary N) is 1. The van der Waals surface area contributed by atoms with Gasteiger partial charge in [0, 0.05) is 5.92 Å². The number of fused-ring (bicyclic) bond motifs is 4. The molecule has 3 N–H and O–H groups in total. The number of aromatic amines is 1. The second-order valence-electron chi connectivity index (χ2n) is 6.32. The number of hydrogen-bond donors (Lipinski definition) is 2. The molecule has 3 unspecified atom stereocenters. The number of hydrogen-bond acceptors (Lipinski definition) is 2. The smallest absolute Gasteiger partial charge is 0.111 e. The fourth-order valence-corrected chi connectivity index (χ4v) is 4.17. The molecule has 0 saturated heterocycles. The number of H-pyrrole nitrogens is 1. The van der Waals surface area contributed by atoms with Crippen molar-refractivity contribution in [2.75, 3.05) is 5.73 Å². The molecule has 2 aliphatic carbocycles. The molecule has 3 atom stereocenters. The van der Waals surface area contributed by atoms with Crippen molar-refractivity contribution in [1.82, 2.24) is 9.97 Å². The van der Waals surface area contributed by atoms with Gasteiger partial charge < -0.3 is 10.7 Å². The van der Waals surface area contributed by atoms with Crippen LogP contribution in [0.2, 0.25) is 0 Å². The summed E-state index contributed by atoms with van der Waals surface area (Å²) < 4.78 is 0. The molecule has 1 fully saturated rings. The van der Waals surface area contributed by atoms with Crippen molar-refractivity contribution in [3.8, 4) is 0 Å². The number of nitrogens with two attached hydrogens (primary N) is 1. The summed E-state index contributed by atoms with van der Waals surface area (Å²) in [6.45, 7) is 0. The number of benzene rings is 2. The third-order valence-electron chi connectivity index (χ3n) is 5.21. The predicted molar refractivity (Wildman–Crippen MR) is 84.2 cm³/mol. The van der Waals surface area contributed by atoms with E-state index in [4.69, 9.17) is 10.7 Å². The van der Waals surface area contributed by atoms with E-state index < -0.39 is 0 Å². The minimum atomic E-state index is 0.542. The van der Waals surface area contributed by atoms with Crippen molar-refractivity contribution in [3.63, 3.8) is 0 Å². The standard InChI is InChI=1S/C18H17N3/c19-13-6-3-7-14-17(13)21-18(20-14)16-12-9-8-10-4-1-2-5-11(10)15(12)16/h1-7,12,15-16H,8-9,19H2,(H,20,21). The summed E-state index contributed by atoms with van der Waals surface area (Å²) in [7, 11) is 0. The van der Waals surface area contributed by atoms with Gasteiger partial charge in [-0.3, -0.25) is 0 Å². The van der Waals surface area contributed by atoms with Crippen LogP contribution in [0.3, 0.4) is 0 Å². The highest BCUT2D eigenvalue weighted by Crippen LogP contribution is 2.64. The van der Waals surface area contributed by atoms with E-state index in [1.807, 2.05) is 12.1 Å². The Kier molecular flexibility index (Phi) is 2.10. The Morgan fingerprint density at radius 2 is 1.95 bits per heavy atom. The first kappa shape index (κ1) is 11.4. The summed E-state index contributed by atoms with van der Waals surface area (Å²) in [6.07, 6.45) is 2.48. The van der Waals surface area contributed by atoms with Crippen LogP contribution in [0.15, 0.2) is 42.5 Å². The van der Waals surface area contributed by atoms with Crippen LogP contribution in [0, 0.1) is 5.92 Å². The van der Waals surface area contributed by atoms with Crippen LogP contribution in [0.5, 0.6) is 0 Å². The second kappa shape index (κ2) is 3.88. The minimum absolute atomic E-state index is 0.542. The average molecular weight is 275 g/mol. The van der Waals surface area contributed by atoms with E-state index in [9.17, 15) is 0 Å². The fraction of sp³-hybridized carbons (Fsp3) is 0.278. The van der Waals surface area contributed by atoms with Gasteiger partial charge in [-0.1, -0.05) is 30.3 Å². The molecule has 104 valence electrons. The number of para-hydroxylation sites is 1. The molecule has 2 aliphatic rings. The van der Waals surface area contributed by atoms with Crippen LogP contribution in [-0.4, -0.2) is 9.97 Å². The second-order valence-corrected chi connectivity index (χ2v) is 6.32. The first-order valence-electron chi connectivity index (χ1n) is 7.65. The highest BCUT2D eigenvalue weighted by Gasteiger charge is 2.55. The van der Waals surface area contributed by atoms with Crippen LogP contribution in [-0.2, 0) is 6.42 Å². The molecule has 5 rings (SSSR count). The lowest BCUT2D eigenvalue weighted by molar-refractivity contribution is 0.656. The van der Waals surface area contributed by atoms with E-state index in [0.717, 1.165) is 28.5 Å². The van der Waals surface area contributed by atoms with Crippen LogP contribution in [0.4, 0.5) is 5.69 Å². The van der Waals surface area contributed by atoms with Crippen LogP contribution in [0.1, 0.15) is 35.2 Å². The maximum Gasteiger partial charge on any atom is 0.111 e. The molecular formula is C18H17N3. The van der Waals surface area contributed by atoms with Crippen LogP contribution in [0.25, 0.3) is 11.0 Å². The summed E-state index contributed by atoms with van der Waals surface area (Å²) in [5, 5.41) is 0. The quantitative estimate of drug-likeness (QED) is 0.667. The van der Waals surface area contributed by atoms with E-state index in [1.165, 1.54) is 24.0 Å². The molecule has 3 nitrogen and oxygen atoms in total. The van der Waals surface area contributed by atoms with E-state index in [1.54, 1.807) is 0 Å². The third kappa shape index (κ3) is 1.52. The normalized spacial score (nSPS) is 26.4. The molecule has 3 aromatic rings. The van der Waals surface area contributed by atoms with Crippen LogP contribution >= 0.6 is 0 Å². The largest absolute Gasteiger partial charge is 0.397 e. The minimum Gasteiger partial charge on any atom is -0.397 e. The van der Waals surface area contributed by atoms with E-state index in [2.05, 4.69) is 35.3 Å². The first-order chi connectivity index (χ1) is 10.3. The van der Waals surface area contributed by atoms with Gasteiger partial charge in [0.2, 0.25) is 0 Å². The predicted octanol–water partition coefficient (Wildman–Crippen LogP) is 3.59. The summed E-state index contributed by atoms with van der Waals surface area (Å²) in [4.78, 5) is 8.29. The Balaban J connectivity index is 1.59. The summed E-state index contributed by atoms with van der Waals surface area (Å²) in [5.41, 5.74) is 11.8. The molecule has 0 aliphatic heterocycles. The number of aromatic nitrogens is 2. The molecule has 3 heteroatoms. The first-order valence-corrected chi connectivity index (χ1v) is 7.65. The zero-order valence-corrected chi connectivity index (χ0v) is 11.7. The summed E-state index contributed by atoms with van der Waals surface area (Å²) >= 11 is 0. The molecule has 0 spiro atoms. The highest BCUT2D eigenvalue weighted by molar-refractivity contribution is 5.87. The molecular weight excluding hydrogens is 258 g/mol. The average Bonchev–Trinajstić information content (AvgIpc) is 3.10. The number of aryl methyl sites for hydroxylation is 1. The maximum atomic E-state index is 6.03. The van der Waals surface area contributed by atoms with Crippen molar-refractivity contribution in [2.45, 2.75) is 24.7 Å². The van der Waals surface area contributed by atoms with Gasteiger partial charge in [0.25, 0.3) is 0 Å². The van der Waals surface area contributed by atoms with Crippen molar-refractivity contribution < 1.29 is 0 Å². The summed E-state index contributed by atoms with van der Waals surface area (Å²) in [6, 6.07) is 14.8. The highest BCUT2D eigenvalue weighted by atomic mass is 15.0. The Hall–Kier alpha value is -2.29. The van der Waals surface area contributed by atoms with Gasteiger partial charge in [-0.15, -0.1) is 0 Å². The van der Waals surface area contributed by atoms with E-state index >= 15 is 0 Å². The molecule has 0 radical (unpaired) electrons. The van der Waals surface area contributed by atoms with Crippen LogP contribution < -0.4 is 5.73 Å². The monoisotopic (exact) mass is 275 g/mol. The number of nitrogens with zero attached hydrogens (tertiary/aromatic N) is 1. The zero-order chi connectivity index (χ0) is 14.0. The molecule has 1 saturated carbocycles.